The minimum Gasteiger partial charge on any atom is -0.369 e. The molecule has 4 amide bonds. The van der Waals surface area contributed by atoms with E-state index < -0.39 is 42.0 Å². The fraction of sp³-hybridized carbons (Fsp3) is 0.514. The zero-order chi connectivity index (χ0) is 34.6. The van der Waals surface area contributed by atoms with Crippen LogP contribution in [0.25, 0.3) is 0 Å². The molecule has 1 heterocycles. The molecule has 1 saturated heterocycles. The molecule has 0 spiro atoms. The van der Waals surface area contributed by atoms with Gasteiger partial charge in [-0.15, -0.1) is 0 Å². The number of amides is 4. The number of benzene rings is 2. The van der Waals surface area contributed by atoms with Crippen LogP contribution in [0.4, 0.5) is 5.69 Å². The van der Waals surface area contributed by atoms with Gasteiger partial charge < -0.3 is 31.1 Å². The Hall–Kier alpha value is -4.25. The zero-order valence-electron chi connectivity index (χ0n) is 28.8. The van der Waals surface area contributed by atoms with Crippen LogP contribution in [-0.4, -0.2) is 86.7 Å². The van der Waals surface area contributed by atoms with Gasteiger partial charge in [-0.3, -0.25) is 24.0 Å². The molecule has 11 heteroatoms. The van der Waals surface area contributed by atoms with Crippen LogP contribution in [0.1, 0.15) is 64.4 Å². The number of nitrogens with zero attached hydrogens (tertiary/aromatic N) is 2. The highest BCUT2D eigenvalue weighted by Gasteiger charge is 2.20. The maximum absolute atomic E-state index is 12.4. The molecular weight excluding hydrogens is 584 g/mol. The van der Waals surface area contributed by atoms with Crippen molar-refractivity contribution in [3.05, 3.63) is 65.7 Å². The van der Waals surface area contributed by atoms with Crippen LogP contribution in [0.3, 0.4) is 0 Å². The van der Waals surface area contributed by atoms with Crippen molar-refractivity contribution in [2.75, 3.05) is 51.2 Å². The van der Waals surface area contributed by atoms with Gasteiger partial charge in [0.15, 0.2) is 0 Å². The Labute approximate surface area is 274 Å². The second-order valence-corrected chi connectivity index (χ2v) is 12.6. The molecular formula is C35H54N6O5. The summed E-state index contributed by atoms with van der Waals surface area (Å²) in [6.45, 7) is 17.6. The fourth-order valence-electron chi connectivity index (χ4n) is 3.79. The van der Waals surface area contributed by atoms with Gasteiger partial charge in [0.25, 0.3) is 11.8 Å². The lowest BCUT2D eigenvalue weighted by atomic mass is 10.1. The molecule has 0 unspecified atom stereocenters. The average molecular weight is 639 g/mol. The Morgan fingerprint density at radius 3 is 1.78 bits per heavy atom. The van der Waals surface area contributed by atoms with Crippen LogP contribution < -0.4 is 26.2 Å². The molecule has 1 fully saturated rings. The SMILES string of the molecule is CC(C)C.CC(C)C.C[C@H](NC(=O)CNC(=O)c1ccc(N2CCN(C)CC2)cc1)C(=O)NCC(=O)C(=O)NCc1ccccc1. The van der Waals surface area contributed by atoms with Crippen molar-refractivity contribution in [1.29, 1.82) is 0 Å². The predicted molar refractivity (Wildman–Crippen MR) is 183 cm³/mol. The smallest absolute Gasteiger partial charge is 0.289 e. The second-order valence-electron chi connectivity index (χ2n) is 12.6. The van der Waals surface area contributed by atoms with Crippen molar-refractivity contribution in [2.24, 2.45) is 11.8 Å². The third kappa shape index (κ3) is 17.3. The van der Waals surface area contributed by atoms with Crippen molar-refractivity contribution in [3.8, 4) is 0 Å². The summed E-state index contributed by atoms with van der Waals surface area (Å²) in [4.78, 5) is 65.3. The van der Waals surface area contributed by atoms with Crippen LogP contribution in [0.2, 0.25) is 0 Å². The van der Waals surface area contributed by atoms with Crippen LogP contribution in [0, 0.1) is 11.8 Å². The normalized spacial score (nSPS) is 13.3. The number of nitrogens with one attached hydrogen (secondary N) is 4. The molecule has 0 aliphatic carbocycles. The van der Waals surface area contributed by atoms with Crippen LogP contribution in [0.15, 0.2) is 54.6 Å². The number of likely N-dealkylation sites (N-methyl/N-ethyl adjacent to an activating group) is 1. The summed E-state index contributed by atoms with van der Waals surface area (Å²) >= 11 is 0. The largest absolute Gasteiger partial charge is 0.369 e. The number of hydrogen-bond acceptors (Lipinski definition) is 7. The van der Waals surface area contributed by atoms with Gasteiger partial charge in [0, 0.05) is 44.0 Å². The summed E-state index contributed by atoms with van der Waals surface area (Å²) in [6.07, 6.45) is 0. The molecule has 2 aromatic rings. The molecule has 4 N–H and O–H groups in total. The van der Waals surface area contributed by atoms with Gasteiger partial charge >= 0.3 is 0 Å². The van der Waals surface area contributed by atoms with Gasteiger partial charge in [-0.2, -0.15) is 0 Å². The monoisotopic (exact) mass is 638 g/mol. The quantitative estimate of drug-likeness (QED) is 0.278. The lowest BCUT2D eigenvalue weighted by Gasteiger charge is -2.34. The third-order valence-corrected chi connectivity index (χ3v) is 6.15. The summed E-state index contributed by atoms with van der Waals surface area (Å²) in [5.41, 5.74) is 2.30. The Morgan fingerprint density at radius 1 is 0.696 bits per heavy atom. The first-order valence-corrected chi connectivity index (χ1v) is 15.9. The first kappa shape index (κ1) is 39.8. The highest BCUT2D eigenvalue weighted by Crippen LogP contribution is 2.17. The van der Waals surface area contributed by atoms with E-state index in [9.17, 15) is 24.0 Å². The van der Waals surface area contributed by atoms with Crippen LogP contribution >= 0.6 is 0 Å². The molecule has 1 aliphatic rings. The first-order chi connectivity index (χ1) is 21.7. The summed E-state index contributed by atoms with van der Waals surface area (Å²) in [5.74, 6) is -1.56. The number of rotatable bonds is 11. The van der Waals surface area contributed by atoms with Gasteiger partial charge in [0.2, 0.25) is 17.6 Å². The Morgan fingerprint density at radius 2 is 1.24 bits per heavy atom. The van der Waals surface area contributed by atoms with Crippen molar-refractivity contribution in [1.82, 2.24) is 26.2 Å². The molecule has 0 radical (unpaired) electrons. The van der Waals surface area contributed by atoms with E-state index in [0.29, 0.717) is 5.56 Å². The number of carbonyl (C=O) groups is 5. The number of anilines is 1. The Kier molecular flexibility index (Phi) is 18.6. The van der Waals surface area contributed by atoms with Crippen LogP contribution in [0.5, 0.6) is 0 Å². The first-order valence-electron chi connectivity index (χ1n) is 15.9. The van der Waals surface area contributed by atoms with E-state index in [2.05, 4.69) is 79.7 Å². The highest BCUT2D eigenvalue weighted by molar-refractivity contribution is 6.37. The average Bonchev–Trinajstić information content (AvgIpc) is 3.01. The molecule has 1 atom stereocenters. The van der Waals surface area contributed by atoms with E-state index in [1.54, 1.807) is 12.1 Å². The van der Waals surface area contributed by atoms with E-state index >= 15 is 0 Å². The Balaban J connectivity index is 0.00000118. The van der Waals surface area contributed by atoms with E-state index in [1.807, 2.05) is 42.5 Å². The van der Waals surface area contributed by atoms with Crippen molar-refractivity contribution >= 4 is 35.1 Å². The number of Topliss-reactive ketones (excluding diaryl/α,β-unsaturated/α-hetero) is 1. The van der Waals surface area contributed by atoms with Gasteiger partial charge in [0.1, 0.15) is 6.04 Å². The lowest BCUT2D eigenvalue weighted by molar-refractivity contribution is -0.138. The van der Waals surface area contributed by atoms with Gasteiger partial charge in [-0.25, -0.2) is 0 Å². The lowest BCUT2D eigenvalue weighted by Crippen LogP contribution is -2.49. The van der Waals surface area contributed by atoms with Crippen molar-refractivity contribution < 1.29 is 24.0 Å². The molecule has 254 valence electrons. The number of ketones is 1. The standard InChI is InChI=1S/C27H34N6O5.2C4H10/c1-19(25(36)29-17-23(34)27(38)28-16-20-6-4-3-5-7-20)31-24(35)18-30-26(37)21-8-10-22(11-9-21)33-14-12-32(2)13-15-33;2*1-4(2)3/h3-11,19H,12-18H2,1-2H3,(H,28,38)(H,29,36)(H,30,37)(H,31,35);2*4H,1-3H3/t19-;;/m0../s1. The van der Waals surface area contributed by atoms with Crippen LogP contribution in [-0.2, 0) is 25.7 Å². The van der Waals surface area contributed by atoms with E-state index in [1.165, 1.54) is 6.92 Å². The summed E-state index contributed by atoms with van der Waals surface area (Å²) in [6, 6.07) is 15.3. The molecule has 0 aromatic heterocycles. The number of piperazine rings is 1. The molecule has 0 bridgehead atoms. The zero-order valence-corrected chi connectivity index (χ0v) is 28.8. The molecule has 11 nitrogen and oxygen atoms in total. The van der Waals surface area contributed by atoms with Gasteiger partial charge in [-0.05, 0) is 55.6 Å². The Bertz CT molecular complexity index is 1210. The van der Waals surface area contributed by atoms with E-state index in [-0.39, 0.29) is 13.1 Å². The van der Waals surface area contributed by atoms with Crippen molar-refractivity contribution in [3.63, 3.8) is 0 Å². The maximum atomic E-state index is 12.4. The topological polar surface area (TPSA) is 140 Å². The minimum absolute atomic E-state index is 0.192. The van der Waals surface area contributed by atoms with Gasteiger partial charge in [-0.1, -0.05) is 71.9 Å². The molecule has 2 aromatic carbocycles. The number of hydrogen-bond donors (Lipinski definition) is 4. The summed E-state index contributed by atoms with van der Waals surface area (Å²) in [7, 11) is 2.09. The second kappa shape index (κ2) is 21.5. The van der Waals surface area contributed by atoms with E-state index in [0.717, 1.165) is 49.3 Å². The summed E-state index contributed by atoms with van der Waals surface area (Å²) < 4.78 is 0. The molecule has 1 aliphatic heterocycles. The van der Waals surface area contributed by atoms with Crippen molar-refractivity contribution in [2.45, 2.75) is 61.1 Å². The van der Waals surface area contributed by atoms with E-state index in [4.69, 9.17) is 0 Å². The molecule has 0 saturated carbocycles. The third-order valence-electron chi connectivity index (χ3n) is 6.15. The summed E-state index contributed by atoms with van der Waals surface area (Å²) in [5, 5.41) is 9.81. The highest BCUT2D eigenvalue weighted by atomic mass is 16.2. The maximum Gasteiger partial charge on any atom is 0.289 e. The molecule has 3 rings (SSSR count). The number of carbonyl (C=O) groups excluding carboxylic acids is 5. The predicted octanol–water partition coefficient (Wildman–Crippen LogP) is 3.00. The van der Waals surface area contributed by atoms with Gasteiger partial charge in [0.05, 0.1) is 13.1 Å². The molecule has 46 heavy (non-hydrogen) atoms. The fourth-order valence-corrected chi connectivity index (χ4v) is 3.79. The minimum atomic E-state index is -0.970.